The van der Waals surface area contributed by atoms with Crippen molar-refractivity contribution in [3.8, 4) is 0 Å². The number of rotatable bonds is 0. The fourth-order valence-corrected chi connectivity index (χ4v) is 2.54. The molecule has 2 aliphatic rings. The Labute approximate surface area is 87.4 Å². The first-order valence-corrected chi connectivity index (χ1v) is 5.70. The summed E-state index contributed by atoms with van der Waals surface area (Å²) in [7, 11) is 0. The molecule has 14 heavy (non-hydrogen) atoms. The monoisotopic (exact) mass is 188 g/mol. The molecule has 1 atom stereocenters. The van der Waals surface area contributed by atoms with Gasteiger partial charge < -0.3 is 0 Å². The molecule has 2 aliphatic carbocycles. The Balaban J connectivity index is 2.38. The van der Waals surface area contributed by atoms with Crippen LogP contribution >= 0.6 is 0 Å². The zero-order chi connectivity index (χ0) is 10.2. The number of allylic oxidation sites excluding steroid dienone is 6. The van der Waals surface area contributed by atoms with Crippen LogP contribution in [0.4, 0.5) is 0 Å². The summed E-state index contributed by atoms with van der Waals surface area (Å²) in [5.74, 6) is 0.758. The molecule has 0 heterocycles. The summed E-state index contributed by atoms with van der Waals surface area (Å²) < 4.78 is 0. The molecular formula is C14H20. The van der Waals surface area contributed by atoms with Crippen LogP contribution in [-0.2, 0) is 0 Å². The molecule has 0 heteroatoms. The Morgan fingerprint density at radius 2 is 2.14 bits per heavy atom. The first-order valence-electron chi connectivity index (χ1n) is 5.70. The quantitative estimate of drug-likeness (QED) is 0.533. The normalized spacial score (nSPS) is 30.1. The minimum absolute atomic E-state index is 0.241. The molecule has 0 saturated heterocycles. The first-order chi connectivity index (χ1) is 6.58. The maximum Gasteiger partial charge on any atom is 0.00134 e. The van der Waals surface area contributed by atoms with Crippen molar-refractivity contribution in [2.75, 3.05) is 0 Å². The molecule has 76 valence electrons. The van der Waals surface area contributed by atoms with Gasteiger partial charge in [0.05, 0.1) is 0 Å². The van der Waals surface area contributed by atoms with E-state index in [-0.39, 0.29) is 5.41 Å². The average Bonchev–Trinajstić information content (AvgIpc) is 2.23. The minimum atomic E-state index is 0.241. The van der Waals surface area contributed by atoms with Crippen LogP contribution in [0.15, 0.2) is 35.5 Å². The van der Waals surface area contributed by atoms with Gasteiger partial charge in [-0.3, -0.25) is 0 Å². The molecule has 1 saturated carbocycles. The van der Waals surface area contributed by atoms with Crippen molar-refractivity contribution in [1.29, 1.82) is 0 Å². The fourth-order valence-electron chi connectivity index (χ4n) is 2.54. The van der Waals surface area contributed by atoms with Gasteiger partial charge in [-0.15, -0.1) is 0 Å². The summed E-state index contributed by atoms with van der Waals surface area (Å²) in [6.07, 6.45) is 13.3. The van der Waals surface area contributed by atoms with Crippen LogP contribution in [0.1, 0.15) is 40.0 Å². The summed E-state index contributed by atoms with van der Waals surface area (Å²) in [6, 6.07) is 0. The molecule has 0 aromatic carbocycles. The molecule has 0 bridgehead atoms. The summed E-state index contributed by atoms with van der Waals surface area (Å²) in [5.41, 5.74) is 3.42. The van der Waals surface area contributed by atoms with Crippen LogP contribution in [0.25, 0.3) is 0 Å². The lowest BCUT2D eigenvalue weighted by Crippen LogP contribution is -2.11. The van der Waals surface area contributed by atoms with E-state index in [9.17, 15) is 0 Å². The van der Waals surface area contributed by atoms with Crippen molar-refractivity contribution in [2.24, 2.45) is 11.3 Å². The van der Waals surface area contributed by atoms with E-state index in [0.29, 0.717) is 0 Å². The van der Waals surface area contributed by atoms with Crippen molar-refractivity contribution in [3.05, 3.63) is 35.5 Å². The van der Waals surface area contributed by atoms with E-state index in [4.69, 9.17) is 0 Å². The molecule has 0 amide bonds. The molecule has 0 aromatic rings. The average molecular weight is 188 g/mol. The lowest BCUT2D eigenvalue weighted by molar-refractivity contribution is 0.530. The van der Waals surface area contributed by atoms with E-state index in [1.807, 2.05) is 0 Å². The van der Waals surface area contributed by atoms with Crippen LogP contribution in [0.3, 0.4) is 0 Å². The summed E-state index contributed by atoms with van der Waals surface area (Å²) >= 11 is 0. The van der Waals surface area contributed by atoms with E-state index < -0.39 is 0 Å². The van der Waals surface area contributed by atoms with E-state index in [1.54, 1.807) is 11.1 Å². The maximum atomic E-state index is 2.46. The molecule has 1 unspecified atom stereocenters. The summed E-state index contributed by atoms with van der Waals surface area (Å²) in [6.45, 7) is 6.92. The van der Waals surface area contributed by atoms with Gasteiger partial charge in [0.2, 0.25) is 0 Å². The third-order valence-corrected chi connectivity index (χ3v) is 3.33. The number of hydrogen-bond acceptors (Lipinski definition) is 0. The van der Waals surface area contributed by atoms with Crippen molar-refractivity contribution in [3.63, 3.8) is 0 Å². The second kappa shape index (κ2) is 3.42. The molecule has 0 N–H and O–H groups in total. The SMILES string of the molecule is CC1CCCC2=CC(C)(C)C=CC=C21. The van der Waals surface area contributed by atoms with Gasteiger partial charge >= 0.3 is 0 Å². The van der Waals surface area contributed by atoms with Crippen LogP contribution in [-0.4, -0.2) is 0 Å². The maximum absolute atomic E-state index is 2.46. The number of hydrogen-bond donors (Lipinski definition) is 0. The van der Waals surface area contributed by atoms with Gasteiger partial charge in [-0.25, -0.2) is 0 Å². The fraction of sp³-hybridized carbons (Fsp3) is 0.571. The third kappa shape index (κ3) is 1.84. The molecule has 0 radical (unpaired) electrons. The van der Waals surface area contributed by atoms with Crippen molar-refractivity contribution < 1.29 is 0 Å². The van der Waals surface area contributed by atoms with E-state index in [2.05, 4.69) is 45.1 Å². The first kappa shape index (κ1) is 9.76. The topological polar surface area (TPSA) is 0 Å². The Morgan fingerprint density at radius 1 is 1.36 bits per heavy atom. The molecule has 0 spiro atoms. The van der Waals surface area contributed by atoms with Gasteiger partial charge in [0.25, 0.3) is 0 Å². The van der Waals surface area contributed by atoms with Crippen LogP contribution in [0.2, 0.25) is 0 Å². The molecular weight excluding hydrogens is 168 g/mol. The Hall–Kier alpha value is -0.780. The van der Waals surface area contributed by atoms with Crippen molar-refractivity contribution >= 4 is 0 Å². The molecule has 0 nitrogen and oxygen atoms in total. The largest absolute Gasteiger partial charge is 0.0751 e. The Morgan fingerprint density at radius 3 is 2.93 bits per heavy atom. The van der Waals surface area contributed by atoms with Crippen LogP contribution in [0.5, 0.6) is 0 Å². The zero-order valence-corrected chi connectivity index (χ0v) is 9.51. The lowest BCUT2D eigenvalue weighted by atomic mass is 9.79. The van der Waals surface area contributed by atoms with E-state index in [1.165, 1.54) is 19.3 Å². The predicted octanol–water partition coefficient (Wildman–Crippen LogP) is 4.26. The standard InChI is InChI=1S/C14H20/c1-11-6-4-7-12-10-14(2,3)9-5-8-13(11)12/h5,8-11H,4,6-7H2,1-3H3. The Bertz CT molecular complexity index is 313. The highest BCUT2D eigenvalue weighted by atomic mass is 14.3. The lowest BCUT2D eigenvalue weighted by Gasteiger charge is -2.26. The van der Waals surface area contributed by atoms with Crippen LogP contribution in [0, 0.1) is 11.3 Å². The van der Waals surface area contributed by atoms with Gasteiger partial charge in [0, 0.05) is 5.41 Å². The van der Waals surface area contributed by atoms with E-state index >= 15 is 0 Å². The molecule has 2 rings (SSSR count). The van der Waals surface area contributed by atoms with Gasteiger partial charge in [-0.2, -0.15) is 0 Å². The van der Waals surface area contributed by atoms with Gasteiger partial charge in [0.15, 0.2) is 0 Å². The zero-order valence-electron chi connectivity index (χ0n) is 9.51. The number of fused-ring (bicyclic) bond motifs is 1. The third-order valence-electron chi connectivity index (χ3n) is 3.33. The van der Waals surface area contributed by atoms with Crippen LogP contribution < -0.4 is 0 Å². The predicted molar refractivity (Wildman–Crippen MR) is 62.1 cm³/mol. The van der Waals surface area contributed by atoms with Gasteiger partial charge in [-0.1, -0.05) is 45.1 Å². The van der Waals surface area contributed by atoms with Crippen molar-refractivity contribution in [1.82, 2.24) is 0 Å². The molecule has 0 aliphatic heterocycles. The highest BCUT2D eigenvalue weighted by molar-refractivity contribution is 5.41. The van der Waals surface area contributed by atoms with Gasteiger partial charge in [0.1, 0.15) is 0 Å². The van der Waals surface area contributed by atoms with Crippen molar-refractivity contribution in [2.45, 2.75) is 40.0 Å². The van der Waals surface area contributed by atoms with Gasteiger partial charge in [-0.05, 0) is 36.3 Å². The smallest absolute Gasteiger partial charge is 0.00134 e. The second-order valence-electron chi connectivity index (χ2n) is 5.27. The highest BCUT2D eigenvalue weighted by Gasteiger charge is 2.22. The second-order valence-corrected chi connectivity index (χ2v) is 5.27. The summed E-state index contributed by atoms with van der Waals surface area (Å²) in [4.78, 5) is 0. The minimum Gasteiger partial charge on any atom is -0.0751 e. The molecule has 1 fully saturated rings. The molecule has 0 aromatic heterocycles. The summed E-state index contributed by atoms with van der Waals surface area (Å²) in [5, 5.41) is 0. The van der Waals surface area contributed by atoms with E-state index in [0.717, 1.165) is 5.92 Å². The Kier molecular flexibility index (Phi) is 2.38. The highest BCUT2D eigenvalue weighted by Crippen LogP contribution is 2.38.